The number of fused-ring (bicyclic) bond motifs is 1. The number of anilines is 1. The standard InChI is InChI=1S/C16H24N2O/c1-12(2)8-10-18(3)16(19)14-6-7-15-13(11-14)5-4-9-17-15/h6-7,11-12,17H,4-5,8-10H2,1-3H3. The molecule has 0 atom stereocenters. The molecule has 1 aromatic carbocycles. The van der Waals surface area contributed by atoms with Crippen LogP contribution in [-0.2, 0) is 6.42 Å². The minimum absolute atomic E-state index is 0.133. The van der Waals surface area contributed by atoms with E-state index in [2.05, 4.69) is 25.2 Å². The Bertz CT molecular complexity index is 454. The predicted molar refractivity (Wildman–Crippen MR) is 79.7 cm³/mol. The van der Waals surface area contributed by atoms with Crippen LogP contribution < -0.4 is 5.32 Å². The van der Waals surface area contributed by atoms with E-state index in [0.717, 1.165) is 37.9 Å². The molecule has 3 nitrogen and oxygen atoms in total. The van der Waals surface area contributed by atoms with Gasteiger partial charge in [0.15, 0.2) is 0 Å². The van der Waals surface area contributed by atoms with Crippen molar-refractivity contribution in [2.24, 2.45) is 5.92 Å². The van der Waals surface area contributed by atoms with Crippen LogP contribution in [0.1, 0.15) is 42.6 Å². The second-order valence-corrected chi connectivity index (χ2v) is 5.81. The molecule has 1 aromatic rings. The molecule has 19 heavy (non-hydrogen) atoms. The van der Waals surface area contributed by atoms with Gasteiger partial charge < -0.3 is 10.2 Å². The minimum Gasteiger partial charge on any atom is -0.385 e. The van der Waals surface area contributed by atoms with Gasteiger partial charge in [-0.1, -0.05) is 13.8 Å². The molecule has 1 amide bonds. The van der Waals surface area contributed by atoms with Crippen molar-refractivity contribution in [3.05, 3.63) is 29.3 Å². The first kappa shape index (κ1) is 13.9. The summed E-state index contributed by atoms with van der Waals surface area (Å²) in [5.41, 5.74) is 3.27. The molecular weight excluding hydrogens is 236 g/mol. The third-order valence-corrected chi connectivity index (χ3v) is 3.68. The van der Waals surface area contributed by atoms with E-state index >= 15 is 0 Å². The number of rotatable bonds is 4. The van der Waals surface area contributed by atoms with Crippen LogP contribution in [0, 0.1) is 5.92 Å². The van der Waals surface area contributed by atoms with Crippen LogP contribution in [0.5, 0.6) is 0 Å². The monoisotopic (exact) mass is 260 g/mol. The number of nitrogens with one attached hydrogen (secondary N) is 1. The van der Waals surface area contributed by atoms with Crippen molar-refractivity contribution in [3.8, 4) is 0 Å². The molecular formula is C16H24N2O. The maximum Gasteiger partial charge on any atom is 0.253 e. The van der Waals surface area contributed by atoms with E-state index in [0.29, 0.717) is 5.92 Å². The Hall–Kier alpha value is -1.51. The Labute approximate surface area is 116 Å². The molecule has 1 N–H and O–H groups in total. The highest BCUT2D eigenvalue weighted by Crippen LogP contribution is 2.23. The normalized spacial score (nSPS) is 13.9. The van der Waals surface area contributed by atoms with Crippen molar-refractivity contribution in [2.75, 3.05) is 25.5 Å². The molecule has 104 valence electrons. The lowest BCUT2D eigenvalue weighted by Crippen LogP contribution is -2.28. The average Bonchev–Trinajstić information content (AvgIpc) is 2.43. The van der Waals surface area contributed by atoms with Crippen LogP contribution in [0.2, 0.25) is 0 Å². The van der Waals surface area contributed by atoms with Gasteiger partial charge in [-0.15, -0.1) is 0 Å². The Kier molecular flexibility index (Phi) is 4.46. The number of amides is 1. The Morgan fingerprint density at radius 2 is 2.21 bits per heavy atom. The summed E-state index contributed by atoms with van der Waals surface area (Å²) < 4.78 is 0. The summed E-state index contributed by atoms with van der Waals surface area (Å²) >= 11 is 0. The van der Waals surface area contributed by atoms with Crippen molar-refractivity contribution in [1.82, 2.24) is 4.90 Å². The summed E-state index contributed by atoms with van der Waals surface area (Å²) in [5, 5.41) is 3.37. The predicted octanol–water partition coefficient (Wildman–Crippen LogP) is 3.16. The number of carbonyl (C=O) groups is 1. The van der Waals surface area contributed by atoms with Gasteiger partial charge >= 0.3 is 0 Å². The molecule has 0 aromatic heterocycles. The quantitative estimate of drug-likeness (QED) is 0.902. The van der Waals surface area contributed by atoms with Gasteiger partial charge in [-0.25, -0.2) is 0 Å². The van der Waals surface area contributed by atoms with E-state index in [1.54, 1.807) is 0 Å². The third-order valence-electron chi connectivity index (χ3n) is 3.68. The van der Waals surface area contributed by atoms with E-state index in [-0.39, 0.29) is 5.91 Å². The van der Waals surface area contributed by atoms with Gasteiger partial charge in [0, 0.05) is 31.4 Å². The number of nitrogens with zero attached hydrogens (tertiary/aromatic N) is 1. The third kappa shape index (κ3) is 3.49. The molecule has 1 aliphatic rings. The molecule has 2 rings (SSSR count). The van der Waals surface area contributed by atoms with Crippen molar-refractivity contribution >= 4 is 11.6 Å². The fraction of sp³-hybridized carbons (Fsp3) is 0.562. The zero-order valence-corrected chi connectivity index (χ0v) is 12.2. The fourth-order valence-corrected chi connectivity index (χ4v) is 2.38. The smallest absolute Gasteiger partial charge is 0.253 e. The highest BCUT2D eigenvalue weighted by Gasteiger charge is 2.15. The summed E-state index contributed by atoms with van der Waals surface area (Å²) in [7, 11) is 1.89. The van der Waals surface area contributed by atoms with Crippen molar-refractivity contribution in [1.29, 1.82) is 0 Å². The number of hydrogen-bond donors (Lipinski definition) is 1. The van der Waals surface area contributed by atoms with Crippen molar-refractivity contribution in [2.45, 2.75) is 33.1 Å². The van der Waals surface area contributed by atoms with Gasteiger partial charge in [0.25, 0.3) is 5.91 Å². The fourth-order valence-electron chi connectivity index (χ4n) is 2.38. The number of aryl methyl sites for hydroxylation is 1. The van der Waals surface area contributed by atoms with Crippen molar-refractivity contribution in [3.63, 3.8) is 0 Å². The molecule has 0 unspecified atom stereocenters. The van der Waals surface area contributed by atoms with E-state index in [4.69, 9.17) is 0 Å². The van der Waals surface area contributed by atoms with Gasteiger partial charge in [-0.3, -0.25) is 4.79 Å². The van der Waals surface area contributed by atoms with Crippen LogP contribution in [0.15, 0.2) is 18.2 Å². The molecule has 0 fully saturated rings. The highest BCUT2D eigenvalue weighted by atomic mass is 16.2. The second-order valence-electron chi connectivity index (χ2n) is 5.81. The molecule has 0 spiro atoms. The Balaban J connectivity index is 2.06. The molecule has 0 saturated carbocycles. The lowest BCUT2D eigenvalue weighted by molar-refractivity contribution is 0.0789. The lowest BCUT2D eigenvalue weighted by atomic mass is 10.0. The van der Waals surface area contributed by atoms with E-state index in [1.807, 2.05) is 24.1 Å². The first-order valence-electron chi connectivity index (χ1n) is 7.20. The Morgan fingerprint density at radius 1 is 1.42 bits per heavy atom. The largest absolute Gasteiger partial charge is 0.385 e. The molecule has 1 aliphatic heterocycles. The maximum absolute atomic E-state index is 12.3. The van der Waals surface area contributed by atoms with Gasteiger partial charge in [0.05, 0.1) is 0 Å². The molecule has 0 radical (unpaired) electrons. The minimum atomic E-state index is 0.133. The highest BCUT2D eigenvalue weighted by molar-refractivity contribution is 5.94. The van der Waals surface area contributed by atoms with Crippen molar-refractivity contribution < 1.29 is 4.79 Å². The van der Waals surface area contributed by atoms with Gasteiger partial charge in [-0.2, -0.15) is 0 Å². The van der Waals surface area contributed by atoms with Crippen LogP contribution in [0.25, 0.3) is 0 Å². The second kappa shape index (κ2) is 6.09. The summed E-state index contributed by atoms with van der Waals surface area (Å²) in [5.74, 6) is 0.761. The number of hydrogen-bond acceptors (Lipinski definition) is 2. The molecule has 1 heterocycles. The van der Waals surface area contributed by atoms with Gasteiger partial charge in [0.2, 0.25) is 0 Å². The molecule has 3 heteroatoms. The van der Waals surface area contributed by atoms with Crippen LogP contribution in [0.3, 0.4) is 0 Å². The summed E-state index contributed by atoms with van der Waals surface area (Å²) in [6, 6.07) is 6.03. The first-order chi connectivity index (χ1) is 9.08. The van der Waals surface area contributed by atoms with Crippen LogP contribution in [-0.4, -0.2) is 30.9 Å². The molecule has 0 bridgehead atoms. The zero-order valence-electron chi connectivity index (χ0n) is 12.2. The number of carbonyl (C=O) groups excluding carboxylic acids is 1. The first-order valence-corrected chi connectivity index (χ1v) is 7.20. The number of benzene rings is 1. The van der Waals surface area contributed by atoms with Crippen LogP contribution >= 0.6 is 0 Å². The Morgan fingerprint density at radius 3 is 2.95 bits per heavy atom. The zero-order chi connectivity index (χ0) is 13.8. The molecule has 0 saturated heterocycles. The molecule has 0 aliphatic carbocycles. The topological polar surface area (TPSA) is 32.3 Å². The summed E-state index contributed by atoms with van der Waals surface area (Å²) in [4.78, 5) is 14.2. The van der Waals surface area contributed by atoms with Gasteiger partial charge in [-0.05, 0) is 48.9 Å². The summed E-state index contributed by atoms with van der Waals surface area (Å²) in [6.07, 6.45) is 3.27. The van der Waals surface area contributed by atoms with Crippen LogP contribution in [0.4, 0.5) is 5.69 Å². The average molecular weight is 260 g/mol. The van der Waals surface area contributed by atoms with Gasteiger partial charge in [0.1, 0.15) is 0 Å². The SMILES string of the molecule is CC(C)CCN(C)C(=O)c1ccc2c(c1)CCCN2. The van der Waals surface area contributed by atoms with E-state index in [9.17, 15) is 4.79 Å². The van der Waals surface area contributed by atoms with E-state index in [1.165, 1.54) is 11.3 Å². The maximum atomic E-state index is 12.3. The van der Waals surface area contributed by atoms with E-state index < -0.39 is 0 Å². The lowest BCUT2D eigenvalue weighted by Gasteiger charge is -2.21. The summed E-state index contributed by atoms with van der Waals surface area (Å²) in [6.45, 7) is 6.23.